The van der Waals surface area contributed by atoms with E-state index in [4.69, 9.17) is 4.74 Å². The van der Waals surface area contributed by atoms with Crippen molar-refractivity contribution in [3.05, 3.63) is 71.8 Å². The Bertz CT molecular complexity index is 768. The Morgan fingerprint density at radius 3 is 2.29 bits per heavy atom. The maximum atomic E-state index is 12.4. The average Bonchev–Trinajstić information content (AvgIpc) is 2.74. The molecule has 1 atom stereocenters. The van der Waals surface area contributed by atoms with E-state index in [2.05, 4.69) is 10.6 Å². The number of hydrogen-bond acceptors (Lipinski definition) is 5. The number of hydrogen-bond donors (Lipinski definition) is 2. The summed E-state index contributed by atoms with van der Waals surface area (Å²) in [6, 6.07) is 17.3. The molecular formula is C21H24N2O4S. The Hall–Kier alpha value is -2.80. The summed E-state index contributed by atoms with van der Waals surface area (Å²) in [6.45, 7) is -0.0273. The molecule has 6 nitrogen and oxygen atoms in total. The van der Waals surface area contributed by atoms with Gasteiger partial charge in [0.05, 0.1) is 0 Å². The summed E-state index contributed by atoms with van der Waals surface area (Å²) in [5.41, 5.74) is 1.42. The molecule has 2 N–H and O–H groups in total. The van der Waals surface area contributed by atoms with Crippen LogP contribution in [0.15, 0.2) is 60.7 Å². The van der Waals surface area contributed by atoms with Gasteiger partial charge >= 0.3 is 5.97 Å². The Morgan fingerprint density at radius 1 is 1.00 bits per heavy atom. The van der Waals surface area contributed by atoms with Crippen molar-refractivity contribution >= 4 is 29.5 Å². The van der Waals surface area contributed by atoms with Gasteiger partial charge in [-0.3, -0.25) is 9.59 Å². The minimum atomic E-state index is -0.804. The van der Waals surface area contributed by atoms with Gasteiger partial charge in [0.25, 0.3) is 11.8 Å². The zero-order valence-corrected chi connectivity index (χ0v) is 16.5. The van der Waals surface area contributed by atoms with Gasteiger partial charge in [-0.05, 0) is 36.1 Å². The van der Waals surface area contributed by atoms with Gasteiger partial charge in [0.1, 0.15) is 6.04 Å². The lowest BCUT2D eigenvalue weighted by molar-refractivity contribution is -0.150. The fourth-order valence-corrected chi connectivity index (χ4v) is 2.87. The van der Waals surface area contributed by atoms with Crippen LogP contribution in [-0.2, 0) is 20.9 Å². The summed E-state index contributed by atoms with van der Waals surface area (Å²) >= 11 is 1.56. The second kappa shape index (κ2) is 11.8. The lowest BCUT2D eigenvalue weighted by Gasteiger charge is -2.17. The second-order valence-corrected chi connectivity index (χ2v) is 7.03. The van der Waals surface area contributed by atoms with Crippen LogP contribution < -0.4 is 10.6 Å². The van der Waals surface area contributed by atoms with Crippen molar-refractivity contribution in [1.29, 1.82) is 0 Å². The van der Waals surface area contributed by atoms with Gasteiger partial charge in [0.2, 0.25) is 0 Å². The van der Waals surface area contributed by atoms with E-state index in [1.807, 2.05) is 42.7 Å². The van der Waals surface area contributed by atoms with Crippen LogP contribution in [0.5, 0.6) is 0 Å². The Balaban J connectivity index is 1.84. The Labute approximate surface area is 169 Å². The van der Waals surface area contributed by atoms with E-state index in [0.29, 0.717) is 24.3 Å². The lowest BCUT2D eigenvalue weighted by Crippen LogP contribution is -2.43. The quantitative estimate of drug-likeness (QED) is 0.598. The third-order valence-electron chi connectivity index (χ3n) is 3.91. The number of carbonyl (C=O) groups is 3. The van der Waals surface area contributed by atoms with E-state index in [1.54, 1.807) is 36.0 Å². The summed E-state index contributed by atoms with van der Waals surface area (Å²) in [7, 11) is 0. The molecule has 0 saturated heterocycles. The number of esters is 1. The van der Waals surface area contributed by atoms with Crippen LogP contribution in [0.2, 0.25) is 0 Å². The van der Waals surface area contributed by atoms with Crippen LogP contribution in [-0.4, -0.2) is 42.4 Å². The largest absolute Gasteiger partial charge is 0.454 e. The number of thioether (sulfide) groups is 1. The first kappa shape index (κ1) is 21.5. The molecule has 0 aliphatic carbocycles. The van der Waals surface area contributed by atoms with E-state index < -0.39 is 17.9 Å². The highest BCUT2D eigenvalue weighted by molar-refractivity contribution is 7.98. The predicted octanol–water partition coefficient (Wildman–Crippen LogP) is 2.40. The SMILES string of the molecule is CSCCC(NC(=O)c1ccccc1)C(=O)OCC(=O)NCc1ccccc1. The maximum absolute atomic E-state index is 12.4. The van der Waals surface area contributed by atoms with Crippen molar-refractivity contribution in [2.75, 3.05) is 18.6 Å². The molecule has 0 spiro atoms. The summed E-state index contributed by atoms with van der Waals surface area (Å²) < 4.78 is 5.11. The van der Waals surface area contributed by atoms with Crippen LogP contribution in [0.25, 0.3) is 0 Å². The van der Waals surface area contributed by atoms with Crippen LogP contribution in [0.1, 0.15) is 22.3 Å². The van der Waals surface area contributed by atoms with Crippen LogP contribution in [0, 0.1) is 0 Å². The standard InChI is InChI=1S/C21H24N2O4S/c1-28-13-12-18(23-20(25)17-10-6-3-7-11-17)21(26)27-15-19(24)22-14-16-8-4-2-5-9-16/h2-11,18H,12-15H2,1H3,(H,22,24)(H,23,25). The van der Waals surface area contributed by atoms with E-state index >= 15 is 0 Å². The summed E-state index contributed by atoms with van der Waals surface area (Å²) in [6.07, 6.45) is 2.34. The highest BCUT2D eigenvalue weighted by atomic mass is 32.2. The Morgan fingerprint density at radius 2 is 1.64 bits per heavy atom. The molecule has 0 heterocycles. The van der Waals surface area contributed by atoms with E-state index in [-0.39, 0.29) is 12.5 Å². The minimum absolute atomic E-state index is 0.350. The van der Waals surface area contributed by atoms with Crippen molar-refractivity contribution in [2.45, 2.75) is 19.0 Å². The third-order valence-corrected chi connectivity index (χ3v) is 4.56. The van der Waals surface area contributed by atoms with Crippen molar-refractivity contribution < 1.29 is 19.1 Å². The molecule has 0 radical (unpaired) electrons. The van der Waals surface area contributed by atoms with Gasteiger partial charge in [0, 0.05) is 12.1 Å². The average molecular weight is 401 g/mol. The maximum Gasteiger partial charge on any atom is 0.329 e. The first-order valence-electron chi connectivity index (χ1n) is 8.92. The molecule has 2 aromatic carbocycles. The highest BCUT2D eigenvalue weighted by Crippen LogP contribution is 2.06. The molecule has 0 aliphatic heterocycles. The zero-order chi connectivity index (χ0) is 20.2. The molecular weight excluding hydrogens is 376 g/mol. The Kier molecular flexibility index (Phi) is 9.07. The monoisotopic (exact) mass is 400 g/mol. The highest BCUT2D eigenvalue weighted by Gasteiger charge is 2.23. The van der Waals surface area contributed by atoms with Crippen LogP contribution in [0.4, 0.5) is 0 Å². The van der Waals surface area contributed by atoms with Crippen molar-refractivity contribution in [3.63, 3.8) is 0 Å². The molecule has 1 unspecified atom stereocenters. The normalized spacial score (nSPS) is 11.3. The van der Waals surface area contributed by atoms with Crippen molar-refractivity contribution in [3.8, 4) is 0 Å². The fraction of sp³-hybridized carbons (Fsp3) is 0.286. The van der Waals surface area contributed by atoms with Gasteiger partial charge in [-0.15, -0.1) is 0 Å². The molecule has 28 heavy (non-hydrogen) atoms. The smallest absolute Gasteiger partial charge is 0.329 e. The van der Waals surface area contributed by atoms with Crippen LogP contribution >= 0.6 is 11.8 Å². The first-order valence-corrected chi connectivity index (χ1v) is 10.3. The van der Waals surface area contributed by atoms with Gasteiger partial charge in [-0.1, -0.05) is 48.5 Å². The number of ether oxygens (including phenoxy) is 1. The van der Waals surface area contributed by atoms with Crippen molar-refractivity contribution in [2.24, 2.45) is 0 Å². The molecule has 148 valence electrons. The summed E-state index contributed by atoms with van der Waals surface area (Å²) in [5, 5.41) is 5.39. The fourth-order valence-electron chi connectivity index (χ4n) is 2.40. The molecule has 0 bridgehead atoms. The molecule has 0 aromatic heterocycles. The number of benzene rings is 2. The molecule has 0 aliphatic rings. The first-order chi connectivity index (χ1) is 13.6. The van der Waals surface area contributed by atoms with Gasteiger partial charge in [-0.2, -0.15) is 11.8 Å². The number of rotatable bonds is 10. The van der Waals surface area contributed by atoms with Crippen molar-refractivity contribution in [1.82, 2.24) is 10.6 Å². The molecule has 0 fully saturated rings. The van der Waals surface area contributed by atoms with E-state index in [1.165, 1.54) is 0 Å². The molecule has 7 heteroatoms. The lowest BCUT2D eigenvalue weighted by atomic mass is 10.1. The van der Waals surface area contributed by atoms with Gasteiger partial charge in [0.15, 0.2) is 6.61 Å². The number of amides is 2. The van der Waals surface area contributed by atoms with Gasteiger partial charge < -0.3 is 15.4 Å². The van der Waals surface area contributed by atoms with Crippen LogP contribution in [0.3, 0.4) is 0 Å². The van der Waals surface area contributed by atoms with E-state index in [0.717, 1.165) is 5.56 Å². The molecule has 2 rings (SSSR count). The third kappa shape index (κ3) is 7.44. The molecule has 2 amide bonds. The summed E-state index contributed by atoms with van der Waals surface area (Å²) in [5.74, 6) is -0.685. The summed E-state index contributed by atoms with van der Waals surface area (Å²) in [4.78, 5) is 36.6. The second-order valence-electron chi connectivity index (χ2n) is 6.04. The predicted molar refractivity (Wildman–Crippen MR) is 110 cm³/mol. The molecule has 2 aromatic rings. The van der Waals surface area contributed by atoms with E-state index in [9.17, 15) is 14.4 Å². The molecule has 0 saturated carbocycles. The number of carbonyl (C=O) groups excluding carboxylic acids is 3. The number of nitrogens with one attached hydrogen (secondary N) is 2. The van der Waals surface area contributed by atoms with Gasteiger partial charge in [-0.25, -0.2) is 4.79 Å². The topological polar surface area (TPSA) is 84.5 Å². The minimum Gasteiger partial charge on any atom is -0.454 e. The zero-order valence-electron chi connectivity index (χ0n) is 15.7.